The molecule has 1 aromatic rings. The van der Waals surface area contributed by atoms with Crippen molar-refractivity contribution >= 4 is 26.5 Å². The van der Waals surface area contributed by atoms with Crippen molar-refractivity contribution in [2.75, 3.05) is 12.3 Å². The second-order valence-corrected chi connectivity index (χ2v) is 5.73. The highest BCUT2D eigenvalue weighted by Gasteiger charge is 2.19. The molecule has 0 spiro atoms. The first-order valence-electron chi connectivity index (χ1n) is 3.80. The summed E-state index contributed by atoms with van der Waals surface area (Å²) in [6.45, 7) is 1.30. The third kappa shape index (κ3) is 2.64. The number of aliphatic hydroxyl groups is 1. The zero-order chi connectivity index (χ0) is 10.8. The van der Waals surface area contributed by atoms with Gasteiger partial charge in [-0.05, 0) is 6.92 Å². The van der Waals surface area contributed by atoms with Crippen LogP contribution >= 0.6 is 11.3 Å². The number of hydrogen-bond acceptors (Lipinski definition) is 6. The number of thiazole rings is 1. The van der Waals surface area contributed by atoms with Crippen molar-refractivity contribution in [3.8, 4) is 0 Å². The van der Waals surface area contributed by atoms with Crippen molar-refractivity contribution < 1.29 is 13.5 Å². The van der Waals surface area contributed by atoms with Crippen LogP contribution in [-0.2, 0) is 10.0 Å². The second kappa shape index (κ2) is 4.22. The van der Waals surface area contributed by atoms with E-state index in [1.807, 2.05) is 0 Å². The van der Waals surface area contributed by atoms with Gasteiger partial charge in [-0.15, -0.1) is 0 Å². The van der Waals surface area contributed by atoms with Gasteiger partial charge in [-0.3, -0.25) is 0 Å². The van der Waals surface area contributed by atoms with Gasteiger partial charge in [0.15, 0.2) is 9.34 Å². The molecule has 0 saturated carbocycles. The number of sulfonamides is 1. The van der Waals surface area contributed by atoms with Crippen LogP contribution in [-0.4, -0.2) is 31.2 Å². The topological polar surface area (TPSA) is 105 Å². The Bertz CT molecular complexity index is 400. The molecule has 1 rings (SSSR count). The monoisotopic (exact) mass is 237 g/mol. The Balaban J connectivity index is 2.86. The molecule has 1 unspecified atom stereocenters. The fraction of sp³-hybridized carbons (Fsp3) is 0.500. The third-order valence-electron chi connectivity index (χ3n) is 1.40. The van der Waals surface area contributed by atoms with Crippen molar-refractivity contribution in [1.29, 1.82) is 0 Å². The number of hydrogen-bond donors (Lipinski definition) is 3. The first kappa shape index (κ1) is 11.4. The van der Waals surface area contributed by atoms with Crippen LogP contribution < -0.4 is 10.5 Å². The van der Waals surface area contributed by atoms with E-state index in [0.717, 1.165) is 11.3 Å². The zero-order valence-electron chi connectivity index (χ0n) is 7.47. The van der Waals surface area contributed by atoms with E-state index in [9.17, 15) is 8.42 Å². The van der Waals surface area contributed by atoms with Crippen LogP contribution in [0.2, 0.25) is 0 Å². The molecule has 0 aromatic carbocycles. The van der Waals surface area contributed by atoms with Crippen LogP contribution in [0.25, 0.3) is 0 Å². The van der Waals surface area contributed by atoms with E-state index in [0.29, 0.717) is 0 Å². The van der Waals surface area contributed by atoms with Gasteiger partial charge < -0.3 is 10.8 Å². The van der Waals surface area contributed by atoms with E-state index in [1.54, 1.807) is 6.92 Å². The summed E-state index contributed by atoms with van der Waals surface area (Å²) >= 11 is 0.882. The van der Waals surface area contributed by atoms with Crippen LogP contribution in [0.15, 0.2) is 10.4 Å². The summed E-state index contributed by atoms with van der Waals surface area (Å²) in [7, 11) is -3.58. The SMILES string of the molecule is CC(CO)NS(=O)(=O)c1cnc(N)s1. The Hall–Kier alpha value is -0.700. The predicted octanol–water partition coefficient (Wildman–Crippen LogP) is -0.616. The standard InChI is InChI=1S/C6H11N3O3S2/c1-4(3-10)9-14(11,12)5-2-8-6(7)13-5/h2,4,9-10H,3H2,1H3,(H2,7,8). The van der Waals surface area contributed by atoms with E-state index in [4.69, 9.17) is 10.8 Å². The maximum atomic E-state index is 11.5. The number of nitrogen functional groups attached to an aromatic ring is 1. The molecule has 4 N–H and O–H groups in total. The van der Waals surface area contributed by atoms with E-state index in [-0.39, 0.29) is 15.9 Å². The van der Waals surface area contributed by atoms with Crippen molar-refractivity contribution in [1.82, 2.24) is 9.71 Å². The number of nitrogens with two attached hydrogens (primary N) is 1. The van der Waals surface area contributed by atoms with Crippen LogP contribution in [0.4, 0.5) is 5.13 Å². The smallest absolute Gasteiger partial charge is 0.252 e. The number of nitrogens with zero attached hydrogens (tertiary/aromatic N) is 1. The second-order valence-electron chi connectivity index (χ2n) is 2.72. The van der Waals surface area contributed by atoms with Crippen LogP contribution in [0.3, 0.4) is 0 Å². The molecule has 8 heteroatoms. The maximum absolute atomic E-state index is 11.5. The number of aliphatic hydroxyl groups excluding tert-OH is 1. The Labute approximate surface area is 85.8 Å². The van der Waals surface area contributed by atoms with Gasteiger partial charge in [0.2, 0.25) is 0 Å². The summed E-state index contributed by atoms with van der Waals surface area (Å²) in [5.74, 6) is 0. The molecule has 0 aliphatic rings. The van der Waals surface area contributed by atoms with Gasteiger partial charge >= 0.3 is 0 Å². The van der Waals surface area contributed by atoms with E-state index >= 15 is 0 Å². The van der Waals surface area contributed by atoms with E-state index < -0.39 is 16.1 Å². The number of aromatic nitrogens is 1. The molecule has 0 saturated heterocycles. The minimum absolute atomic E-state index is 0.0512. The molecule has 1 aromatic heterocycles. The van der Waals surface area contributed by atoms with Crippen LogP contribution in [0.1, 0.15) is 6.92 Å². The van der Waals surface area contributed by atoms with Crippen molar-refractivity contribution in [3.63, 3.8) is 0 Å². The fourth-order valence-electron chi connectivity index (χ4n) is 0.757. The summed E-state index contributed by atoms with van der Waals surface area (Å²) in [4.78, 5) is 3.63. The Kier molecular flexibility index (Phi) is 3.43. The van der Waals surface area contributed by atoms with Gasteiger partial charge in [0.25, 0.3) is 10.0 Å². The number of rotatable bonds is 4. The summed E-state index contributed by atoms with van der Waals surface area (Å²) in [5, 5.41) is 8.88. The minimum Gasteiger partial charge on any atom is -0.395 e. The van der Waals surface area contributed by atoms with Gasteiger partial charge in [-0.1, -0.05) is 11.3 Å². The van der Waals surface area contributed by atoms with Crippen molar-refractivity contribution in [3.05, 3.63) is 6.20 Å². The molecular formula is C6H11N3O3S2. The molecule has 0 aliphatic heterocycles. The first-order valence-corrected chi connectivity index (χ1v) is 6.10. The molecule has 14 heavy (non-hydrogen) atoms. The number of nitrogens with one attached hydrogen (secondary N) is 1. The Morgan fingerprint density at radius 1 is 1.79 bits per heavy atom. The highest BCUT2D eigenvalue weighted by Crippen LogP contribution is 2.19. The van der Waals surface area contributed by atoms with E-state index in [1.165, 1.54) is 6.20 Å². The largest absolute Gasteiger partial charge is 0.395 e. The lowest BCUT2D eigenvalue weighted by atomic mass is 10.4. The fourth-order valence-corrected chi connectivity index (χ4v) is 2.92. The van der Waals surface area contributed by atoms with Gasteiger partial charge in [-0.2, -0.15) is 0 Å². The van der Waals surface area contributed by atoms with Crippen LogP contribution in [0.5, 0.6) is 0 Å². The summed E-state index contributed by atoms with van der Waals surface area (Å²) in [6.07, 6.45) is 1.19. The van der Waals surface area contributed by atoms with Gasteiger partial charge in [-0.25, -0.2) is 18.1 Å². The molecule has 0 bridgehead atoms. The predicted molar refractivity (Wildman–Crippen MR) is 53.4 cm³/mol. The van der Waals surface area contributed by atoms with Crippen molar-refractivity contribution in [2.45, 2.75) is 17.2 Å². The highest BCUT2D eigenvalue weighted by molar-refractivity contribution is 7.91. The van der Waals surface area contributed by atoms with Gasteiger partial charge in [0.05, 0.1) is 12.8 Å². The van der Waals surface area contributed by atoms with E-state index in [2.05, 4.69) is 9.71 Å². The average Bonchev–Trinajstić information content (AvgIpc) is 2.51. The molecule has 1 heterocycles. The third-order valence-corrected chi connectivity index (χ3v) is 4.27. The Morgan fingerprint density at radius 2 is 2.43 bits per heavy atom. The minimum atomic E-state index is -3.58. The molecule has 1 atom stereocenters. The van der Waals surface area contributed by atoms with Gasteiger partial charge in [0, 0.05) is 6.04 Å². The molecule has 0 radical (unpaired) electrons. The quantitative estimate of drug-likeness (QED) is 0.647. The highest BCUT2D eigenvalue weighted by atomic mass is 32.2. The first-order chi connectivity index (χ1) is 6.45. The molecule has 0 amide bonds. The van der Waals surface area contributed by atoms with Gasteiger partial charge in [0.1, 0.15) is 0 Å². The lowest BCUT2D eigenvalue weighted by Gasteiger charge is -2.08. The maximum Gasteiger partial charge on any atom is 0.252 e. The molecule has 6 nitrogen and oxygen atoms in total. The summed E-state index contributed by atoms with van der Waals surface area (Å²) < 4.78 is 25.3. The normalized spacial score (nSPS) is 14.1. The van der Waals surface area contributed by atoms with Crippen LogP contribution in [0, 0.1) is 0 Å². The molecule has 0 fully saturated rings. The Morgan fingerprint density at radius 3 is 2.86 bits per heavy atom. The average molecular weight is 237 g/mol. The lowest BCUT2D eigenvalue weighted by Crippen LogP contribution is -2.34. The zero-order valence-corrected chi connectivity index (χ0v) is 9.10. The molecule has 80 valence electrons. The molecular weight excluding hydrogens is 226 g/mol. The number of anilines is 1. The summed E-state index contributed by atoms with van der Waals surface area (Å²) in [5.41, 5.74) is 5.30. The van der Waals surface area contributed by atoms with Crippen molar-refractivity contribution in [2.24, 2.45) is 0 Å². The molecule has 0 aliphatic carbocycles. The lowest BCUT2D eigenvalue weighted by molar-refractivity contribution is 0.265. The summed E-state index contributed by atoms with van der Waals surface area (Å²) in [6, 6.07) is -0.525.